The summed E-state index contributed by atoms with van der Waals surface area (Å²) in [5.74, 6) is -1.11. The molecule has 2 aromatic rings. The van der Waals surface area contributed by atoms with E-state index in [1.54, 1.807) is 30.3 Å². The molecule has 3 rings (SSSR count). The second kappa shape index (κ2) is 6.53. The number of nitrogens with zero attached hydrogens (tertiary/aromatic N) is 1. The molecule has 0 saturated heterocycles. The first kappa shape index (κ1) is 16.3. The number of aliphatic hydroxyl groups excluding tert-OH is 1. The van der Waals surface area contributed by atoms with Crippen molar-refractivity contribution in [3.8, 4) is 5.75 Å². The van der Waals surface area contributed by atoms with E-state index < -0.39 is 12.1 Å². The van der Waals surface area contributed by atoms with Crippen LogP contribution in [0.5, 0.6) is 5.75 Å². The number of rotatable bonds is 4. The van der Waals surface area contributed by atoms with Gasteiger partial charge < -0.3 is 20.2 Å². The number of carboxylic acid groups (broad SMARTS) is 1. The summed E-state index contributed by atoms with van der Waals surface area (Å²) in [7, 11) is 0. The number of hydrogen-bond donors (Lipinski definition) is 3. The first-order chi connectivity index (χ1) is 11.5. The highest BCUT2D eigenvalue weighted by molar-refractivity contribution is 5.89. The molecule has 5 nitrogen and oxygen atoms in total. The first-order valence-electron chi connectivity index (χ1n) is 8.14. The van der Waals surface area contributed by atoms with Crippen molar-refractivity contribution >= 4 is 11.7 Å². The maximum atomic E-state index is 11.4. The molecule has 0 spiro atoms. The fraction of sp³-hybridized carbons (Fsp3) is 0.316. The molecule has 0 fully saturated rings. The number of benzene rings is 2. The van der Waals surface area contributed by atoms with Crippen molar-refractivity contribution in [2.45, 2.75) is 25.9 Å². The van der Waals surface area contributed by atoms with Crippen molar-refractivity contribution < 1.29 is 20.1 Å². The minimum absolute atomic E-state index is 0.0122. The standard InChI is InChI=1S/C19H21NO4/c1-2-20-9-5-6-12-10-15(17(21)11-16(12)20)18(22)13-7-3-4-8-14(13)19(23)24/h3-4,7-8,10-11,18,21-22H,2,5-6,9H2,1H3,(H,23,24). The molecule has 1 unspecified atom stereocenters. The summed E-state index contributed by atoms with van der Waals surface area (Å²) in [5, 5.41) is 30.4. The van der Waals surface area contributed by atoms with Crippen LogP contribution < -0.4 is 4.90 Å². The first-order valence-corrected chi connectivity index (χ1v) is 8.14. The molecule has 0 aromatic heterocycles. The van der Waals surface area contributed by atoms with Crippen LogP contribution in [0.4, 0.5) is 5.69 Å². The normalized spacial score (nSPS) is 15.0. The Morgan fingerprint density at radius 3 is 2.71 bits per heavy atom. The molecular formula is C19H21NO4. The second-order valence-corrected chi connectivity index (χ2v) is 6.02. The summed E-state index contributed by atoms with van der Waals surface area (Å²) < 4.78 is 0. The van der Waals surface area contributed by atoms with Crippen molar-refractivity contribution in [2.24, 2.45) is 0 Å². The average Bonchev–Trinajstić information content (AvgIpc) is 2.60. The fourth-order valence-corrected chi connectivity index (χ4v) is 3.36. The lowest BCUT2D eigenvalue weighted by atomic mass is 9.92. The predicted molar refractivity (Wildman–Crippen MR) is 91.8 cm³/mol. The third-order valence-electron chi connectivity index (χ3n) is 4.60. The van der Waals surface area contributed by atoms with Crippen LogP contribution in [0.1, 0.15) is 46.5 Å². The van der Waals surface area contributed by atoms with Gasteiger partial charge in [0.15, 0.2) is 0 Å². The largest absolute Gasteiger partial charge is 0.507 e. The Morgan fingerprint density at radius 1 is 1.25 bits per heavy atom. The van der Waals surface area contributed by atoms with Gasteiger partial charge in [-0.3, -0.25) is 0 Å². The molecule has 1 heterocycles. The van der Waals surface area contributed by atoms with Crippen LogP contribution in [0.3, 0.4) is 0 Å². The topological polar surface area (TPSA) is 81.0 Å². The molecule has 0 amide bonds. The number of fused-ring (bicyclic) bond motifs is 1. The molecule has 0 radical (unpaired) electrons. The van der Waals surface area contributed by atoms with Crippen LogP contribution in [-0.2, 0) is 6.42 Å². The predicted octanol–water partition coefficient (Wildman–Crippen LogP) is 2.94. The molecule has 0 saturated carbocycles. The number of aromatic carboxylic acids is 1. The van der Waals surface area contributed by atoms with E-state index in [1.165, 1.54) is 6.07 Å². The average molecular weight is 327 g/mol. The summed E-state index contributed by atoms with van der Waals surface area (Å²) in [5.41, 5.74) is 2.73. The number of carboxylic acids is 1. The van der Waals surface area contributed by atoms with Gasteiger partial charge in [-0.2, -0.15) is 0 Å². The highest BCUT2D eigenvalue weighted by atomic mass is 16.4. The Kier molecular flexibility index (Phi) is 4.44. The lowest BCUT2D eigenvalue weighted by molar-refractivity contribution is 0.0691. The summed E-state index contributed by atoms with van der Waals surface area (Å²) >= 11 is 0. The smallest absolute Gasteiger partial charge is 0.336 e. The Morgan fingerprint density at radius 2 is 2.00 bits per heavy atom. The summed E-state index contributed by atoms with van der Waals surface area (Å²) in [6, 6.07) is 9.81. The maximum absolute atomic E-state index is 11.4. The number of phenols is 1. The number of hydrogen-bond acceptors (Lipinski definition) is 4. The molecule has 3 N–H and O–H groups in total. The second-order valence-electron chi connectivity index (χ2n) is 6.02. The SMILES string of the molecule is CCN1CCCc2cc(C(O)c3ccccc3C(=O)O)c(O)cc21. The molecule has 0 bridgehead atoms. The van der Waals surface area contributed by atoms with Crippen molar-refractivity contribution in [3.63, 3.8) is 0 Å². The number of phenolic OH excluding ortho intramolecular Hbond substituents is 1. The Balaban J connectivity index is 2.06. The fourth-order valence-electron chi connectivity index (χ4n) is 3.36. The van der Waals surface area contributed by atoms with Gasteiger partial charge in [-0.25, -0.2) is 4.79 Å². The van der Waals surface area contributed by atoms with E-state index in [0.717, 1.165) is 37.2 Å². The maximum Gasteiger partial charge on any atom is 0.336 e. The summed E-state index contributed by atoms with van der Waals surface area (Å²) in [6.45, 7) is 3.88. The summed E-state index contributed by atoms with van der Waals surface area (Å²) in [6.07, 6.45) is 0.721. The van der Waals surface area contributed by atoms with Gasteiger partial charge in [-0.05, 0) is 43.0 Å². The highest BCUT2D eigenvalue weighted by Crippen LogP contribution is 2.38. The number of aliphatic hydroxyl groups is 1. The van der Waals surface area contributed by atoms with Gasteiger partial charge in [0.05, 0.1) is 5.56 Å². The van der Waals surface area contributed by atoms with Crippen LogP contribution in [0, 0.1) is 0 Å². The zero-order valence-electron chi connectivity index (χ0n) is 13.6. The quantitative estimate of drug-likeness (QED) is 0.804. The van der Waals surface area contributed by atoms with Crippen LogP contribution >= 0.6 is 0 Å². The highest BCUT2D eigenvalue weighted by Gasteiger charge is 2.24. The molecule has 2 aromatic carbocycles. The molecular weight excluding hydrogens is 306 g/mol. The van der Waals surface area contributed by atoms with Gasteiger partial charge in [0.25, 0.3) is 0 Å². The number of carbonyl (C=O) groups is 1. The molecule has 126 valence electrons. The van der Waals surface area contributed by atoms with Gasteiger partial charge in [0.2, 0.25) is 0 Å². The minimum atomic E-state index is -1.18. The molecule has 1 aliphatic heterocycles. The van der Waals surface area contributed by atoms with Crippen molar-refractivity contribution in [3.05, 3.63) is 58.7 Å². The van der Waals surface area contributed by atoms with E-state index in [9.17, 15) is 20.1 Å². The number of aromatic hydroxyl groups is 1. The van der Waals surface area contributed by atoms with E-state index in [2.05, 4.69) is 11.8 Å². The zero-order valence-corrected chi connectivity index (χ0v) is 13.6. The number of aryl methyl sites for hydroxylation is 1. The molecule has 5 heteroatoms. The monoisotopic (exact) mass is 327 g/mol. The van der Waals surface area contributed by atoms with E-state index in [1.807, 2.05) is 0 Å². The lowest BCUT2D eigenvalue weighted by Crippen LogP contribution is -2.29. The van der Waals surface area contributed by atoms with Crippen LogP contribution in [0.2, 0.25) is 0 Å². The third-order valence-corrected chi connectivity index (χ3v) is 4.60. The third kappa shape index (κ3) is 2.83. The van der Waals surface area contributed by atoms with E-state index in [4.69, 9.17) is 0 Å². The Hall–Kier alpha value is -2.53. The van der Waals surface area contributed by atoms with Gasteiger partial charge >= 0.3 is 5.97 Å². The minimum Gasteiger partial charge on any atom is -0.507 e. The summed E-state index contributed by atoms with van der Waals surface area (Å²) in [4.78, 5) is 13.6. The van der Waals surface area contributed by atoms with Gasteiger partial charge in [-0.15, -0.1) is 0 Å². The zero-order chi connectivity index (χ0) is 17.3. The van der Waals surface area contributed by atoms with Crippen LogP contribution in [-0.4, -0.2) is 34.4 Å². The molecule has 24 heavy (non-hydrogen) atoms. The van der Waals surface area contributed by atoms with E-state index in [0.29, 0.717) is 5.56 Å². The van der Waals surface area contributed by atoms with E-state index >= 15 is 0 Å². The molecule has 1 aliphatic rings. The Labute approximate surface area is 140 Å². The van der Waals surface area contributed by atoms with Crippen molar-refractivity contribution in [1.82, 2.24) is 0 Å². The molecule has 1 atom stereocenters. The van der Waals surface area contributed by atoms with Crippen LogP contribution in [0.25, 0.3) is 0 Å². The van der Waals surface area contributed by atoms with Gasteiger partial charge in [-0.1, -0.05) is 18.2 Å². The van der Waals surface area contributed by atoms with Crippen molar-refractivity contribution in [2.75, 3.05) is 18.0 Å². The van der Waals surface area contributed by atoms with Gasteiger partial charge in [0.1, 0.15) is 11.9 Å². The lowest BCUT2D eigenvalue weighted by Gasteiger charge is -2.31. The van der Waals surface area contributed by atoms with E-state index in [-0.39, 0.29) is 16.9 Å². The van der Waals surface area contributed by atoms with Gasteiger partial charge in [0, 0.05) is 30.4 Å². The van der Waals surface area contributed by atoms with Crippen LogP contribution in [0.15, 0.2) is 36.4 Å². The number of anilines is 1. The van der Waals surface area contributed by atoms with Crippen molar-refractivity contribution in [1.29, 1.82) is 0 Å². The molecule has 0 aliphatic carbocycles. The Bertz CT molecular complexity index is 772.